The van der Waals surface area contributed by atoms with Crippen molar-refractivity contribution in [2.45, 2.75) is 6.54 Å². The molecule has 0 fully saturated rings. The molecule has 0 atom stereocenters. The molecule has 1 heterocycles. The van der Waals surface area contributed by atoms with Crippen LogP contribution in [0, 0.1) is 5.82 Å². The molecule has 1 amide bonds. The van der Waals surface area contributed by atoms with E-state index in [0.29, 0.717) is 16.6 Å². The Bertz CT molecular complexity index is 1020. The highest BCUT2D eigenvalue weighted by atomic mass is 32.1. The second kappa shape index (κ2) is 7.70. The number of hydrazine groups is 1. The van der Waals surface area contributed by atoms with Gasteiger partial charge >= 0.3 is 0 Å². The molecule has 1 aromatic heterocycles. The maximum Gasteiger partial charge on any atom is 0.260 e. The summed E-state index contributed by atoms with van der Waals surface area (Å²) in [4.78, 5) is 23.9. The van der Waals surface area contributed by atoms with Crippen molar-refractivity contribution in [1.82, 2.24) is 20.6 Å². The predicted octanol–water partition coefficient (Wildman–Crippen LogP) is 1.55. The molecule has 2 aromatic carbocycles. The predicted molar refractivity (Wildman–Crippen MR) is 99.9 cm³/mol. The van der Waals surface area contributed by atoms with E-state index >= 15 is 0 Å². The first-order valence-electron chi connectivity index (χ1n) is 7.59. The van der Waals surface area contributed by atoms with Gasteiger partial charge in [0, 0.05) is 11.1 Å². The van der Waals surface area contributed by atoms with Crippen LogP contribution in [-0.4, -0.2) is 20.8 Å². The third-order valence-electron chi connectivity index (χ3n) is 3.47. The maximum atomic E-state index is 12.9. The number of fused-ring (bicyclic) bond motifs is 1. The van der Waals surface area contributed by atoms with Gasteiger partial charge in [0.1, 0.15) is 12.4 Å². The fraction of sp³-hybridized carbons (Fsp3) is 0.0588. The minimum atomic E-state index is -0.408. The van der Waals surface area contributed by atoms with Crippen molar-refractivity contribution in [2.24, 2.45) is 0 Å². The molecule has 132 valence electrons. The Kier molecular flexibility index (Phi) is 5.18. The van der Waals surface area contributed by atoms with E-state index in [-0.39, 0.29) is 22.9 Å². The number of benzene rings is 2. The monoisotopic (exact) mass is 371 g/mol. The number of anilines is 1. The normalized spacial score (nSPS) is 10.3. The highest BCUT2D eigenvalue weighted by Gasteiger charge is 2.08. The maximum absolute atomic E-state index is 12.9. The fourth-order valence-corrected chi connectivity index (χ4v) is 2.45. The van der Waals surface area contributed by atoms with Gasteiger partial charge in [-0.3, -0.25) is 25.1 Å². The van der Waals surface area contributed by atoms with Gasteiger partial charge in [0.05, 0.1) is 11.7 Å². The number of halogens is 1. The topological polar surface area (TPSA) is 88.0 Å². The van der Waals surface area contributed by atoms with E-state index in [9.17, 15) is 14.0 Å². The number of rotatable bonds is 3. The van der Waals surface area contributed by atoms with E-state index < -0.39 is 5.91 Å². The number of aromatic nitrogens is 2. The molecule has 3 rings (SSSR count). The average Bonchev–Trinajstić information content (AvgIpc) is 2.64. The smallest absolute Gasteiger partial charge is 0.260 e. The van der Waals surface area contributed by atoms with Gasteiger partial charge < -0.3 is 5.32 Å². The van der Waals surface area contributed by atoms with Crippen LogP contribution in [-0.2, 0) is 11.3 Å². The van der Waals surface area contributed by atoms with Crippen LogP contribution >= 0.6 is 12.2 Å². The van der Waals surface area contributed by atoms with E-state index in [2.05, 4.69) is 21.3 Å². The molecule has 0 bridgehead atoms. The van der Waals surface area contributed by atoms with Crippen molar-refractivity contribution < 1.29 is 9.18 Å². The molecule has 0 aliphatic carbocycles. The molecule has 7 nitrogen and oxygen atoms in total. The summed E-state index contributed by atoms with van der Waals surface area (Å²) < 4.78 is 14.3. The van der Waals surface area contributed by atoms with Crippen LogP contribution in [0.5, 0.6) is 0 Å². The van der Waals surface area contributed by atoms with Gasteiger partial charge in [0.15, 0.2) is 5.11 Å². The van der Waals surface area contributed by atoms with Gasteiger partial charge in [-0.15, -0.1) is 0 Å². The van der Waals surface area contributed by atoms with Gasteiger partial charge in [-0.2, -0.15) is 5.10 Å². The molecule has 3 N–H and O–H groups in total. The zero-order chi connectivity index (χ0) is 18.5. The largest absolute Gasteiger partial charge is 0.331 e. The van der Waals surface area contributed by atoms with Gasteiger partial charge in [0.2, 0.25) is 5.43 Å². The van der Waals surface area contributed by atoms with E-state index in [4.69, 9.17) is 12.2 Å². The van der Waals surface area contributed by atoms with Crippen LogP contribution in [0.15, 0.2) is 59.5 Å². The molecule has 0 unspecified atom stereocenters. The first kappa shape index (κ1) is 17.5. The first-order valence-corrected chi connectivity index (χ1v) is 8.00. The van der Waals surface area contributed by atoms with Crippen LogP contribution in [0.1, 0.15) is 0 Å². The minimum absolute atomic E-state index is 0.104. The fourth-order valence-electron chi connectivity index (χ4n) is 2.28. The minimum Gasteiger partial charge on any atom is -0.331 e. The van der Waals surface area contributed by atoms with Crippen LogP contribution in [0.4, 0.5) is 10.1 Å². The molecule has 0 radical (unpaired) electrons. The third-order valence-corrected chi connectivity index (χ3v) is 3.68. The number of hydrogen-bond donors (Lipinski definition) is 3. The number of thiocarbonyl (C=S) groups is 1. The number of hydrogen-bond acceptors (Lipinski definition) is 4. The molecule has 0 saturated carbocycles. The Balaban J connectivity index is 1.59. The highest BCUT2D eigenvalue weighted by Crippen LogP contribution is 2.08. The second-order valence-corrected chi connectivity index (χ2v) is 5.73. The average molecular weight is 371 g/mol. The zero-order valence-corrected chi connectivity index (χ0v) is 14.2. The quantitative estimate of drug-likeness (QED) is 0.478. The number of nitrogens with zero attached hydrogens (tertiary/aromatic N) is 2. The van der Waals surface area contributed by atoms with Crippen LogP contribution in [0.3, 0.4) is 0 Å². The van der Waals surface area contributed by atoms with Crippen molar-refractivity contribution in [3.05, 3.63) is 70.8 Å². The number of carbonyl (C=O) groups is 1. The summed E-state index contributed by atoms with van der Waals surface area (Å²) in [7, 11) is 0. The summed E-state index contributed by atoms with van der Waals surface area (Å²) in [5, 5.41) is 7.41. The second-order valence-electron chi connectivity index (χ2n) is 5.32. The van der Waals surface area contributed by atoms with E-state index in [1.807, 2.05) is 0 Å². The van der Waals surface area contributed by atoms with Crippen molar-refractivity contribution >= 4 is 39.8 Å². The van der Waals surface area contributed by atoms with Crippen molar-refractivity contribution in [3.63, 3.8) is 0 Å². The number of amides is 1. The Morgan fingerprint density at radius 1 is 1.12 bits per heavy atom. The lowest BCUT2D eigenvalue weighted by Crippen LogP contribution is -2.45. The SMILES string of the molecule is O=C(Cn1ncc(=O)c2ccccc21)NNC(=S)Nc1ccc(F)cc1. The summed E-state index contributed by atoms with van der Waals surface area (Å²) in [5.74, 6) is -0.766. The van der Waals surface area contributed by atoms with Gasteiger partial charge in [-0.25, -0.2) is 4.39 Å². The zero-order valence-electron chi connectivity index (χ0n) is 13.4. The van der Waals surface area contributed by atoms with Crippen molar-refractivity contribution in [2.75, 3.05) is 5.32 Å². The number of nitrogens with one attached hydrogen (secondary N) is 3. The summed E-state index contributed by atoms with van der Waals surface area (Å²) in [5.41, 5.74) is 5.91. The highest BCUT2D eigenvalue weighted by molar-refractivity contribution is 7.80. The Morgan fingerprint density at radius 3 is 2.62 bits per heavy atom. The molecule has 0 aliphatic heterocycles. The van der Waals surface area contributed by atoms with Gasteiger partial charge in [-0.05, 0) is 48.6 Å². The van der Waals surface area contributed by atoms with Gasteiger partial charge in [0.25, 0.3) is 5.91 Å². The third kappa shape index (κ3) is 4.19. The molecule has 0 aliphatic rings. The van der Waals surface area contributed by atoms with Crippen molar-refractivity contribution in [3.8, 4) is 0 Å². The van der Waals surface area contributed by atoms with E-state index in [1.54, 1.807) is 24.3 Å². The summed E-state index contributed by atoms with van der Waals surface area (Å²) in [6.07, 6.45) is 1.17. The van der Waals surface area contributed by atoms with E-state index in [1.165, 1.54) is 35.1 Å². The lowest BCUT2D eigenvalue weighted by molar-refractivity contribution is -0.122. The molecule has 3 aromatic rings. The molecule has 0 saturated heterocycles. The first-order chi connectivity index (χ1) is 12.5. The molecule has 9 heteroatoms. The number of para-hydroxylation sites is 1. The molecular weight excluding hydrogens is 357 g/mol. The lowest BCUT2D eigenvalue weighted by Gasteiger charge is -2.13. The Labute approximate surface area is 152 Å². The van der Waals surface area contributed by atoms with Crippen LogP contribution < -0.4 is 21.6 Å². The summed E-state index contributed by atoms with van der Waals surface area (Å²) in [6.45, 7) is -0.104. The van der Waals surface area contributed by atoms with Crippen LogP contribution in [0.25, 0.3) is 10.9 Å². The summed E-state index contributed by atoms with van der Waals surface area (Å²) >= 11 is 5.05. The van der Waals surface area contributed by atoms with E-state index in [0.717, 1.165) is 0 Å². The number of carbonyl (C=O) groups excluding carboxylic acids is 1. The van der Waals surface area contributed by atoms with Crippen LogP contribution in [0.2, 0.25) is 0 Å². The van der Waals surface area contributed by atoms with Crippen molar-refractivity contribution in [1.29, 1.82) is 0 Å². The Morgan fingerprint density at radius 2 is 1.85 bits per heavy atom. The Hall–Kier alpha value is -3.33. The summed E-state index contributed by atoms with van der Waals surface area (Å²) in [6, 6.07) is 12.5. The van der Waals surface area contributed by atoms with Gasteiger partial charge in [-0.1, -0.05) is 12.1 Å². The molecule has 0 spiro atoms. The molecule has 26 heavy (non-hydrogen) atoms. The standard InChI is InChI=1S/C17H14FN5O2S/c18-11-5-7-12(8-6-11)20-17(26)22-21-16(25)10-23-14-4-2-1-3-13(14)15(24)9-19-23/h1-9H,10H2,(H,21,25)(H2,20,22,26). The molecular formula is C17H14FN5O2S. The lowest BCUT2D eigenvalue weighted by atomic mass is 10.2.